The Labute approximate surface area is 109 Å². The van der Waals surface area contributed by atoms with Crippen LogP contribution in [0.25, 0.3) is 0 Å². The molecule has 2 aliphatic carbocycles. The van der Waals surface area contributed by atoms with E-state index in [1.54, 1.807) is 0 Å². The summed E-state index contributed by atoms with van der Waals surface area (Å²) < 4.78 is 12.2. The Balaban J connectivity index is 1.78. The highest BCUT2D eigenvalue weighted by molar-refractivity contribution is 5.82. The van der Waals surface area contributed by atoms with Gasteiger partial charge < -0.3 is 9.47 Å². The van der Waals surface area contributed by atoms with Crippen LogP contribution in [0.1, 0.15) is 52.9 Å². The molecule has 0 N–H and O–H groups in total. The third-order valence-corrected chi connectivity index (χ3v) is 5.22. The number of Topliss-reactive ketones (excluding diaryl/α,β-unsaturated/α-hetero) is 1. The van der Waals surface area contributed by atoms with Crippen LogP contribution in [0.5, 0.6) is 0 Å². The van der Waals surface area contributed by atoms with Gasteiger partial charge in [0.1, 0.15) is 5.78 Å². The largest absolute Gasteiger partial charge is 0.349 e. The van der Waals surface area contributed by atoms with Crippen molar-refractivity contribution >= 4 is 5.78 Å². The highest BCUT2D eigenvalue weighted by atomic mass is 16.7. The Hall–Kier alpha value is -0.410. The number of carbonyl (C=O) groups excluding carboxylic acids is 1. The van der Waals surface area contributed by atoms with Crippen molar-refractivity contribution in [3.05, 3.63) is 0 Å². The van der Waals surface area contributed by atoms with Gasteiger partial charge in [0.2, 0.25) is 0 Å². The molecule has 2 saturated carbocycles. The van der Waals surface area contributed by atoms with Crippen molar-refractivity contribution in [2.24, 2.45) is 16.7 Å². The Morgan fingerprint density at radius 3 is 2.50 bits per heavy atom. The SMILES string of the molecule is CC[C@]12CC(=O)C[C@H]1CC1(C2)OCC(C)(C)CO1. The summed E-state index contributed by atoms with van der Waals surface area (Å²) in [5.41, 5.74) is 0.288. The first-order chi connectivity index (χ1) is 8.39. The first kappa shape index (κ1) is 12.6. The molecule has 0 aromatic carbocycles. The van der Waals surface area contributed by atoms with Gasteiger partial charge in [-0.3, -0.25) is 4.79 Å². The van der Waals surface area contributed by atoms with Crippen LogP contribution in [0.2, 0.25) is 0 Å². The molecular formula is C15H24O3. The Bertz CT molecular complexity index is 364. The van der Waals surface area contributed by atoms with E-state index in [0.29, 0.717) is 11.7 Å². The van der Waals surface area contributed by atoms with E-state index in [-0.39, 0.29) is 16.6 Å². The molecule has 18 heavy (non-hydrogen) atoms. The van der Waals surface area contributed by atoms with Crippen LogP contribution in [0.15, 0.2) is 0 Å². The second kappa shape index (κ2) is 3.80. The van der Waals surface area contributed by atoms with Crippen LogP contribution in [0.4, 0.5) is 0 Å². The quantitative estimate of drug-likeness (QED) is 0.720. The molecule has 2 atom stereocenters. The van der Waals surface area contributed by atoms with Gasteiger partial charge in [-0.25, -0.2) is 0 Å². The van der Waals surface area contributed by atoms with E-state index in [2.05, 4.69) is 20.8 Å². The lowest BCUT2D eigenvalue weighted by atomic mass is 9.78. The maximum Gasteiger partial charge on any atom is 0.169 e. The fourth-order valence-corrected chi connectivity index (χ4v) is 4.08. The summed E-state index contributed by atoms with van der Waals surface area (Å²) in [4.78, 5) is 11.7. The van der Waals surface area contributed by atoms with Crippen molar-refractivity contribution < 1.29 is 14.3 Å². The average Bonchev–Trinajstić information content (AvgIpc) is 2.74. The highest BCUT2D eigenvalue weighted by Crippen LogP contribution is 2.60. The predicted octanol–water partition coefficient (Wildman–Crippen LogP) is 2.93. The van der Waals surface area contributed by atoms with Gasteiger partial charge in [-0.2, -0.15) is 0 Å². The van der Waals surface area contributed by atoms with Crippen molar-refractivity contribution in [2.45, 2.75) is 58.7 Å². The maximum absolute atomic E-state index is 11.7. The Kier molecular flexibility index (Phi) is 2.66. The molecule has 0 radical (unpaired) electrons. The van der Waals surface area contributed by atoms with Crippen molar-refractivity contribution in [2.75, 3.05) is 13.2 Å². The lowest BCUT2D eigenvalue weighted by Crippen LogP contribution is -2.46. The molecule has 3 nitrogen and oxygen atoms in total. The second-order valence-electron chi connectivity index (χ2n) is 7.37. The number of ether oxygens (including phenoxy) is 2. The number of ketones is 1. The third-order valence-electron chi connectivity index (χ3n) is 5.22. The molecule has 0 amide bonds. The minimum atomic E-state index is -0.378. The van der Waals surface area contributed by atoms with Crippen LogP contribution < -0.4 is 0 Å². The van der Waals surface area contributed by atoms with E-state index in [4.69, 9.17) is 9.47 Å². The molecule has 1 aliphatic heterocycles. The number of carbonyl (C=O) groups is 1. The molecule has 0 bridgehead atoms. The van der Waals surface area contributed by atoms with Crippen molar-refractivity contribution in [1.29, 1.82) is 0 Å². The van der Waals surface area contributed by atoms with Gasteiger partial charge in [0.25, 0.3) is 0 Å². The van der Waals surface area contributed by atoms with Crippen molar-refractivity contribution in [3.8, 4) is 0 Å². The topological polar surface area (TPSA) is 35.5 Å². The zero-order valence-corrected chi connectivity index (χ0v) is 11.8. The molecule has 1 spiro atoms. The standard InChI is InChI=1S/C15H24O3/c1-4-14-7-12(16)5-11(14)6-15(8-14)17-9-13(2,3)10-18-15/h11H,4-10H2,1-3H3/t11-,14+/m0/s1. The summed E-state index contributed by atoms with van der Waals surface area (Å²) in [7, 11) is 0. The number of hydrogen-bond donors (Lipinski definition) is 0. The van der Waals surface area contributed by atoms with Crippen LogP contribution in [0, 0.1) is 16.7 Å². The van der Waals surface area contributed by atoms with Gasteiger partial charge in [0.15, 0.2) is 5.79 Å². The summed E-state index contributed by atoms with van der Waals surface area (Å²) in [6.45, 7) is 8.10. The second-order valence-corrected chi connectivity index (χ2v) is 7.37. The molecule has 0 aromatic rings. The lowest BCUT2D eigenvalue weighted by Gasteiger charge is -2.42. The van der Waals surface area contributed by atoms with Gasteiger partial charge in [-0.15, -0.1) is 0 Å². The summed E-state index contributed by atoms with van der Waals surface area (Å²) in [6.07, 6.45) is 4.39. The molecule has 3 heteroatoms. The molecule has 3 fully saturated rings. The summed E-state index contributed by atoms with van der Waals surface area (Å²) in [6, 6.07) is 0. The average molecular weight is 252 g/mol. The smallest absolute Gasteiger partial charge is 0.169 e. The molecule has 1 saturated heterocycles. The zero-order valence-electron chi connectivity index (χ0n) is 11.8. The molecule has 0 unspecified atom stereocenters. The maximum atomic E-state index is 11.7. The molecule has 1 heterocycles. The Morgan fingerprint density at radius 1 is 1.28 bits per heavy atom. The number of rotatable bonds is 1. The summed E-state index contributed by atoms with van der Waals surface area (Å²) >= 11 is 0. The lowest BCUT2D eigenvalue weighted by molar-refractivity contribution is -0.299. The Morgan fingerprint density at radius 2 is 1.94 bits per heavy atom. The highest BCUT2D eigenvalue weighted by Gasteiger charge is 2.60. The van der Waals surface area contributed by atoms with E-state index in [0.717, 1.165) is 45.3 Å². The van der Waals surface area contributed by atoms with Gasteiger partial charge >= 0.3 is 0 Å². The van der Waals surface area contributed by atoms with Crippen LogP contribution in [0.3, 0.4) is 0 Å². The number of fused-ring (bicyclic) bond motifs is 1. The van der Waals surface area contributed by atoms with E-state index in [1.807, 2.05) is 0 Å². The van der Waals surface area contributed by atoms with E-state index < -0.39 is 0 Å². The van der Waals surface area contributed by atoms with Gasteiger partial charge in [-0.05, 0) is 17.8 Å². The van der Waals surface area contributed by atoms with E-state index >= 15 is 0 Å². The number of hydrogen-bond acceptors (Lipinski definition) is 3. The van der Waals surface area contributed by atoms with Crippen LogP contribution in [-0.4, -0.2) is 24.8 Å². The van der Waals surface area contributed by atoms with Gasteiger partial charge in [0.05, 0.1) is 13.2 Å². The van der Waals surface area contributed by atoms with Crippen molar-refractivity contribution in [1.82, 2.24) is 0 Å². The zero-order chi connectivity index (χ0) is 13.0. The minimum Gasteiger partial charge on any atom is -0.349 e. The monoisotopic (exact) mass is 252 g/mol. The molecular weight excluding hydrogens is 228 g/mol. The predicted molar refractivity (Wildman–Crippen MR) is 68.1 cm³/mol. The summed E-state index contributed by atoms with van der Waals surface area (Å²) in [5, 5.41) is 0. The van der Waals surface area contributed by atoms with E-state index in [1.165, 1.54) is 0 Å². The molecule has 3 rings (SSSR count). The normalized spacial score (nSPS) is 41.3. The third kappa shape index (κ3) is 1.83. The summed E-state index contributed by atoms with van der Waals surface area (Å²) in [5.74, 6) is 0.542. The molecule has 0 aromatic heterocycles. The van der Waals surface area contributed by atoms with Crippen molar-refractivity contribution in [3.63, 3.8) is 0 Å². The van der Waals surface area contributed by atoms with Crippen LogP contribution in [-0.2, 0) is 14.3 Å². The fraction of sp³-hybridized carbons (Fsp3) is 0.933. The van der Waals surface area contributed by atoms with Crippen LogP contribution >= 0.6 is 0 Å². The molecule has 3 aliphatic rings. The fourth-order valence-electron chi connectivity index (χ4n) is 4.08. The molecule has 102 valence electrons. The van der Waals surface area contributed by atoms with E-state index in [9.17, 15) is 4.79 Å². The first-order valence-electron chi connectivity index (χ1n) is 7.18. The first-order valence-corrected chi connectivity index (χ1v) is 7.18. The van der Waals surface area contributed by atoms with Gasteiger partial charge in [0, 0.05) is 31.1 Å². The minimum absolute atomic E-state index is 0.123. The van der Waals surface area contributed by atoms with Gasteiger partial charge in [-0.1, -0.05) is 20.8 Å².